The highest BCUT2D eigenvalue weighted by atomic mass is 32.2. The maximum Gasteiger partial charge on any atom is 0.125 e. The number of aromatic amines is 1. The van der Waals surface area contributed by atoms with Crippen molar-refractivity contribution >= 4 is 22.8 Å². The van der Waals surface area contributed by atoms with Crippen molar-refractivity contribution in [3.8, 4) is 0 Å². The topological polar surface area (TPSA) is 28.7 Å². The summed E-state index contributed by atoms with van der Waals surface area (Å²) in [5.74, 6) is 1.37. The van der Waals surface area contributed by atoms with Gasteiger partial charge in [0.25, 0.3) is 0 Å². The van der Waals surface area contributed by atoms with E-state index in [9.17, 15) is 4.39 Å². The maximum absolute atomic E-state index is 13.0. The van der Waals surface area contributed by atoms with E-state index in [1.807, 2.05) is 18.2 Å². The molecule has 0 amide bonds. The highest BCUT2D eigenvalue weighted by Gasteiger charge is 2.04. The maximum atomic E-state index is 13.0. The second kappa shape index (κ2) is 4.82. The van der Waals surface area contributed by atoms with Crippen molar-refractivity contribution in [2.24, 2.45) is 0 Å². The van der Waals surface area contributed by atoms with Crippen molar-refractivity contribution in [1.82, 2.24) is 9.97 Å². The summed E-state index contributed by atoms with van der Waals surface area (Å²) >= 11 is 1.71. The first-order chi connectivity index (χ1) is 8.81. The van der Waals surface area contributed by atoms with E-state index in [4.69, 9.17) is 0 Å². The standard InChI is InChI=1S/C14H11FN2S/c15-10-6-7-12-13(8-10)17-14(16-12)9-18-11-4-2-1-3-5-11/h1-8H,9H2,(H,16,17). The summed E-state index contributed by atoms with van der Waals surface area (Å²) < 4.78 is 13.0. The fraction of sp³-hybridized carbons (Fsp3) is 0.0714. The largest absolute Gasteiger partial charge is 0.341 e. The lowest BCUT2D eigenvalue weighted by atomic mass is 10.3. The van der Waals surface area contributed by atoms with Gasteiger partial charge in [-0.1, -0.05) is 18.2 Å². The number of nitrogens with zero attached hydrogens (tertiary/aromatic N) is 1. The van der Waals surface area contributed by atoms with Crippen LogP contribution in [0, 0.1) is 5.82 Å². The minimum atomic E-state index is -0.242. The lowest BCUT2D eigenvalue weighted by Crippen LogP contribution is -1.82. The zero-order chi connectivity index (χ0) is 12.4. The zero-order valence-electron chi connectivity index (χ0n) is 9.56. The Balaban J connectivity index is 1.79. The Labute approximate surface area is 108 Å². The molecule has 0 saturated heterocycles. The molecule has 4 heteroatoms. The van der Waals surface area contributed by atoms with Gasteiger partial charge in [-0.25, -0.2) is 9.37 Å². The molecule has 0 saturated carbocycles. The van der Waals surface area contributed by atoms with Crippen LogP contribution in [0.15, 0.2) is 53.4 Å². The third-order valence-corrected chi connectivity index (χ3v) is 3.64. The number of thioether (sulfide) groups is 1. The van der Waals surface area contributed by atoms with E-state index in [0.717, 1.165) is 22.6 Å². The first kappa shape index (κ1) is 11.3. The summed E-state index contributed by atoms with van der Waals surface area (Å²) in [6.07, 6.45) is 0. The number of H-pyrrole nitrogens is 1. The van der Waals surface area contributed by atoms with E-state index in [2.05, 4.69) is 22.1 Å². The molecule has 1 aromatic heterocycles. The molecule has 3 rings (SSSR count). The Bertz CT molecular complexity index is 664. The fourth-order valence-corrected chi connectivity index (χ4v) is 2.56. The van der Waals surface area contributed by atoms with Gasteiger partial charge in [0.2, 0.25) is 0 Å². The van der Waals surface area contributed by atoms with Gasteiger partial charge in [0.15, 0.2) is 0 Å². The predicted octanol–water partition coefficient (Wildman–Crippen LogP) is 3.99. The average molecular weight is 258 g/mol. The van der Waals surface area contributed by atoms with E-state index in [1.54, 1.807) is 17.8 Å². The molecule has 2 aromatic carbocycles. The van der Waals surface area contributed by atoms with E-state index in [-0.39, 0.29) is 5.82 Å². The number of fused-ring (bicyclic) bond motifs is 1. The van der Waals surface area contributed by atoms with Gasteiger partial charge in [0.05, 0.1) is 16.8 Å². The van der Waals surface area contributed by atoms with Crippen molar-refractivity contribution in [2.75, 3.05) is 0 Å². The molecule has 90 valence electrons. The lowest BCUT2D eigenvalue weighted by Gasteiger charge is -1.97. The molecule has 0 atom stereocenters. The molecule has 1 N–H and O–H groups in total. The van der Waals surface area contributed by atoms with Gasteiger partial charge in [-0.15, -0.1) is 11.8 Å². The van der Waals surface area contributed by atoms with Crippen molar-refractivity contribution in [3.63, 3.8) is 0 Å². The van der Waals surface area contributed by atoms with Crippen LogP contribution >= 0.6 is 11.8 Å². The van der Waals surface area contributed by atoms with Crippen molar-refractivity contribution in [1.29, 1.82) is 0 Å². The van der Waals surface area contributed by atoms with Crippen LogP contribution in [0.2, 0.25) is 0 Å². The number of rotatable bonds is 3. The first-order valence-corrected chi connectivity index (χ1v) is 6.62. The lowest BCUT2D eigenvalue weighted by molar-refractivity contribution is 0.629. The van der Waals surface area contributed by atoms with E-state index in [0.29, 0.717) is 0 Å². The molecular weight excluding hydrogens is 247 g/mol. The number of halogens is 1. The van der Waals surface area contributed by atoms with Crippen LogP contribution in [-0.2, 0) is 5.75 Å². The van der Waals surface area contributed by atoms with Crippen LogP contribution in [-0.4, -0.2) is 9.97 Å². The Hall–Kier alpha value is -1.81. The van der Waals surface area contributed by atoms with Crippen LogP contribution in [0.25, 0.3) is 11.0 Å². The molecule has 0 spiro atoms. The molecule has 3 aromatic rings. The number of aromatic nitrogens is 2. The molecule has 0 unspecified atom stereocenters. The van der Waals surface area contributed by atoms with E-state index < -0.39 is 0 Å². The minimum absolute atomic E-state index is 0.242. The quantitative estimate of drug-likeness (QED) is 0.719. The number of benzene rings is 2. The fourth-order valence-electron chi connectivity index (χ4n) is 1.77. The Morgan fingerprint density at radius 3 is 2.78 bits per heavy atom. The summed E-state index contributed by atoms with van der Waals surface area (Å²) in [4.78, 5) is 8.76. The van der Waals surface area contributed by atoms with E-state index in [1.165, 1.54) is 17.0 Å². The molecule has 0 fully saturated rings. The zero-order valence-corrected chi connectivity index (χ0v) is 10.4. The highest BCUT2D eigenvalue weighted by molar-refractivity contribution is 7.98. The minimum Gasteiger partial charge on any atom is -0.341 e. The molecule has 0 aliphatic heterocycles. The van der Waals surface area contributed by atoms with Gasteiger partial charge < -0.3 is 4.98 Å². The number of nitrogens with one attached hydrogen (secondary N) is 1. The smallest absolute Gasteiger partial charge is 0.125 e. The van der Waals surface area contributed by atoms with Crippen LogP contribution < -0.4 is 0 Å². The number of hydrogen-bond acceptors (Lipinski definition) is 2. The van der Waals surface area contributed by atoms with Crippen LogP contribution in [0.4, 0.5) is 4.39 Å². The SMILES string of the molecule is Fc1ccc2nc(CSc3ccccc3)[nH]c2c1. The molecule has 0 bridgehead atoms. The average Bonchev–Trinajstić information content (AvgIpc) is 2.79. The van der Waals surface area contributed by atoms with Crippen molar-refractivity contribution < 1.29 is 4.39 Å². The van der Waals surface area contributed by atoms with Crippen LogP contribution in [0.1, 0.15) is 5.82 Å². The molecule has 2 nitrogen and oxygen atoms in total. The first-order valence-electron chi connectivity index (χ1n) is 5.63. The monoisotopic (exact) mass is 258 g/mol. The Morgan fingerprint density at radius 1 is 1.11 bits per heavy atom. The summed E-state index contributed by atoms with van der Waals surface area (Å²) in [5, 5.41) is 0. The van der Waals surface area contributed by atoms with Gasteiger partial charge >= 0.3 is 0 Å². The summed E-state index contributed by atoms with van der Waals surface area (Å²) in [5.41, 5.74) is 1.55. The Morgan fingerprint density at radius 2 is 1.94 bits per heavy atom. The summed E-state index contributed by atoms with van der Waals surface area (Å²) in [6.45, 7) is 0. The third-order valence-electron chi connectivity index (χ3n) is 2.61. The number of hydrogen-bond donors (Lipinski definition) is 1. The summed E-state index contributed by atoms with van der Waals surface area (Å²) in [6, 6.07) is 14.7. The van der Waals surface area contributed by atoms with Gasteiger partial charge in [0.1, 0.15) is 11.6 Å². The highest BCUT2D eigenvalue weighted by Crippen LogP contribution is 2.22. The van der Waals surface area contributed by atoms with Gasteiger partial charge in [-0.2, -0.15) is 0 Å². The second-order valence-corrected chi connectivity index (χ2v) is 5.00. The predicted molar refractivity (Wildman–Crippen MR) is 72.1 cm³/mol. The molecule has 1 heterocycles. The number of imidazole rings is 1. The normalized spacial score (nSPS) is 10.9. The molecule has 0 aliphatic carbocycles. The second-order valence-electron chi connectivity index (χ2n) is 3.95. The van der Waals surface area contributed by atoms with Gasteiger partial charge in [0, 0.05) is 4.90 Å². The molecular formula is C14H11FN2S. The van der Waals surface area contributed by atoms with Gasteiger partial charge in [-0.3, -0.25) is 0 Å². The third kappa shape index (κ3) is 2.38. The van der Waals surface area contributed by atoms with E-state index >= 15 is 0 Å². The van der Waals surface area contributed by atoms with Crippen LogP contribution in [0.5, 0.6) is 0 Å². The van der Waals surface area contributed by atoms with Crippen molar-refractivity contribution in [3.05, 3.63) is 60.2 Å². The Kier molecular flexibility index (Phi) is 3.02. The summed E-state index contributed by atoms with van der Waals surface area (Å²) in [7, 11) is 0. The molecule has 0 radical (unpaired) electrons. The van der Waals surface area contributed by atoms with Gasteiger partial charge in [-0.05, 0) is 30.3 Å². The van der Waals surface area contributed by atoms with Crippen LogP contribution in [0.3, 0.4) is 0 Å². The van der Waals surface area contributed by atoms with Crippen molar-refractivity contribution in [2.45, 2.75) is 10.6 Å². The molecule has 0 aliphatic rings. The molecule has 18 heavy (non-hydrogen) atoms.